The molecule has 0 aliphatic rings. The van der Waals surface area contributed by atoms with Gasteiger partial charge in [0.05, 0.1) is 6.61 Å². The molecule has 0 spiro atoms. The molecule has 39 heavy (non-hydrogen) atoms. The Morgan fingerprint density at radius 2 is 1.41 bits per heavy atom. The molecule has 0 aliphatic carbocycles. The molecule has 3 N–H and O–H groups in total. The minimum absolute atomic E-state index is 0.0266. The molecule has 0 aromatic heterocycles. The first kappa shape index (κ1) is 34.1. The van der Waals surface area contributed by atoms with Gasteiger partial charge < -0.3 is 25.1 Å². The maximum atomic E-state index is 12.5. The molecular weight excluding hydrogens is 502 g/mol. The lowest BCUT2D eigenvalue weighted by molar-refractivity contribution is -0.146. The van der Waals surface area contributed by atoms with Crippen molar-refractivity contribution >= 4 is 23.9 Å². The first-order chi connectivity index (χ1) is 18.5. The van der Waals surface area contributed by atoms with Crippen LogP contribution in [0.25, 0.3) is 0 Å². The van der Waals surface area contributed by atoms with Crippen LogP contribution < -0.4 is 15.2 Å². The molecule has 0 radical (unpaired) electrons. The summed E-state index contributed by atoms with van der Waals surface area (Å²) in [6.07, 6.45) is 6.54. The molecule has 220 valence electrons. The van der Waals surface area contributed by atoms with Gasteiger partial charge in [0.25, 0.3) is 0 Å². The predicted molar refractivity (Wildman–Crippen MR) is 149 cm³/mol. The second-order valence-electron chi connectivity index (χ2n) is 10.3. The second-order valence-corrected chi connectivity index (χ2v) is 10.3. The number of rotatable bonds is 19. The summed E-state index contributed by atoms with van der Waals surface area (Å²) in [4.78, 5) is 49.1. The molecule has 0 saturated carbocycles. The molecule has 1 rings (SSSR count). The van der Waals surface area contributed by atoms with Crippen LogP contribution in [0.4, 0.5) is 0 Å². The number of carboxylic acids is 1. The third-order valence-electron chi connectivity index (χ3n) is 6.77. The van der Waals surface area contributed by atoms with Crippen LogP contribution in [-0.4, -0.2) is 41.6 Å². The highest BCUT2D eigenvalue weighted by molar-refractivity contribution is 5.77. The number of benzene rings is 1. The van der Waals surface area contributed by atoms with E-state index < -0.39 is 35.8 Å². The monoisotopic (exact) mass is 549 g/mol. The molecule has 0 amide bonds. The van der Waals surface area contributed by atoms with Crippen LogP contribution in [0.3, 0.4) is 0 Å². The summed E-state index contributed by atoms with van der Waals surface area (Å²) in [6.45, 7) is 9.73. The van der Waals surface area contributed by atoms with E-state index in [4.69, 9.17) is 19.9 Å². The quantitative estimate of drug-likeness (QED) is 0.125. The Kier molecular flexibility index (Phi) is 16.1. The van der Waals surface area contributed by atoms with Crippen molar-refractivity contribution in [3.63, 3.8) is 0 Å². The van der Waals surface area contributed by atoms with E-state index in [0.29, 0.717) is 18.4 Å². The topological polar surface area (TPSA) is 142 Å². The second kappa shape index (κ2) is 18.4. The number of carbonyl (C=O) groups is 4. The summed E-state index contributed by atoms with van der Waals surface area (Å²) >= 11 is 0. The number of unbranched alkanes of at least 4 members (excludes halogenated alkanes) is 4. The smallest absolute Gasteiger partial charge is 0.321 e. The van der Waals surface area contributed by atoms with Gasteiger partial charge in [0.15, 0.2) is 11.5 Å². The molecule has 4 atom stereocenters. The van der Waals surface area contributed by atoms with Crippen molar-refractivity contribution in [2.75, 3.05) is 6.61 Å². The molecule has 0 heterocycles. The highest BCUT2D eigenvalue weighted by Crippen LogP contribution is 2.36. The van der Waals surface area contributed by atoms with Crippen LogP contribution in [0.5, 0.6) is 11.5 Å². The zero-order valence-electron chi connectivity index (χ0n) is 24.2. The van der Waals surface area contributed by atoms with Crippen molar-refractivity contribution in [2.45, 2.75) is 111 Å². The molecule has 9 heteroatoms. The highest BCUT2D eigenvalue weighted by Gasteiger charge is 2.32. The van der Waals surface area contributed by atoms with E-state index in [9.17, 15) is 24.3 Å². The minimum Gasteiger partial charge on any atom is -0.480 e. The fourth-order valence-corrected chi connectivity index (χ4v) is 4.14. The summed E-state index contributed by atoms with van der Waals surface area (Å²) < 4.78 is 16.5. The van der Waals surface area contributed by atoms with Gasteiger partial charge in [0.2, 0.25) is 0 Å². The maximum Gasteiger partial charge on any atom is 0.321 e. The van der Waals surface area contributed by atoms with Crippen LogP contribution in [0, 0.1) is 11.8 Å². The van der Waals surface area contributed by atoms with E-state index in [2.05, 4.69) is 0 Å². The SMILES string of the molecule is CCCCCC(=O)Oc1ccc(C(C(C)COC(=O)CC(C)CC)[C@H](N)C(=O)O)cc1OC(=O)CCCCC. The molecule has 0 bridgehead atoms. The number of nitrogens with two attached hydrogens (primary N) is 1. The van der Waals surface area contributed by atoms with Gasteiger partial charge in [-0.25, -0.2) is 0 Å². The van der Waals surface area contributed by atoms with Gasteiger partial charge in [-0.15, -0.1) is 0 Å². The number of hydrogen-bond donors (Lipinski definition) is 2. The molecule has 0 fully saturated rings. The van der Waals surface area contributed by atoms with E-state index in [0.717, 1.165) is 32.1 Å². The number of carboxylic acid groups (broad SMARTS) is 1. The van der Waals surface area contributed by atoms with Gasteiger partial charge in [-0.1, -0.05) is 72.8 Å². The average Bonchev–Trinajstić information content (AvgIpc) is 2.89. The fraction of sp³-hybridized carbons (Fsp3) is 0.667. The van der Waals surface area contributed by atoms with E-state index >= 15 is 0 Å². The summed E-state index contributed by atoms with van der Waals surface area (Å²) in [7, 11) is 0. The third-order valence-corrected chi connectivity index (χ3v) is 6.77. The largest absolute Gasteiger partial charge is 0.480 e. The van der Waals surface area contributed by atoms with Crippen molar-refractivity contribution in [2.24, 2.45) is 17.6 Å². The van der Waals surface area contributed by atoms with E-state index in [1.165, 1.54) is 12.1 Å². The van der Waals surface area contributed by atoms with Crippen LogP contribution >= 0.6 is 0 Å². The number of hydrogen-bond acceptors (Lipinski definition) is 8. The molecule has 9 nitrogen and oxygen atoms in total. The summed E-state index contributed by atoms with van der Waals surface area (Å²) in [5, 5.41) is 9.71. The first-order valence-corrected chi connectivity index (χ1v) is 14.2. The molecule has 0 saturated heterocycles. The maximum absolute atomic E-state index is 12.5. The van der Waals surface area contributed by atoms with E-state index in [-0.39, 0.29) is 49.3 Å². The predicted octanol–water partition coefficient (Wildman–Crippen LogP) is 5.77. The standard InChI is InChI=1S/C30H47NO8/c1-6-9-11-13-25(32)38-23-16-15-22(18-24(23)39-26(33)14-12-10-7-2)28(29(31)30(35)36)21(5)19-37-27(34)17-20(4)8-3/h15-16,18,20-21,28-29H,6-14,17,19,31H2,1-5H3,(H,35,36)/t20?,21?,28?,29-/m0/s1. The van der Waals surface area contributed by atoms with Crippen molar-refractivity contribution < 1.29 is 38.5 Å². The van der Waals surface area contributed by atoms with Crippen LogP contribution in [0.1, 0.15) is 110 Å². The van der Waals surface area contributed by atoms with Crippen molar-refractivity contribution in [3.8, 4) is 11.5 Å². The van der Waals surface area contributed by atoms with Crippen molar-refractivity contribution in [1.82, 2.24) is 0 Å². The highest BCUT2D eigenvalue weighted by atomic mass is 16.6. The zero-order valence-corrected chi connectivity index (χ0v) is 24.2. The Bertz CT molecular complexity index is 932. The van der Waals surface area contributed by atoms with Crippen LogP contribution in [-0.2, 0) is 23.9 Å². The Morgan fingerprint density at radius 3 is 1.92 bits per heavy atom. The molecule has 3 unspecified atom stereocenters. The van der Waals surface area contributed by atoms with Gasteiger partial charge >= 0.3 is 23.9 Å². The average molecular weight is 550 g/mol. The van der Waals surface area contributed by atoms with Gasteiger partial charge in [0, 0.05) is 25.2 Å². The lowest BCUT2D eigenvalue weighted by Crippen LogP contribution is -2.40. The van der Waals surface area contributed by atoms with E-state index in [1.54, 1.807) is 13.0 Å². The van der Waals surface area contributed by atoms with Crippen molar-refractivity contribution in [3.05, 3.63) is 23.8 Å². The van der Waals surface area contributed by atoms with Gasteiger partial charge in [-0.2, -0.15) is 0 Å². The first-order valence-electron chi connectivity index (χ1n) is 14.2. The van der Waals surface area contributed by atoms with Crippen LogP contribution in [0.15, 0.2) is 18.2 Å². The molecule has 1 aromatic carbocycles. The Labute approximate surface area is 232 Å². The zero-order chi connectivity index (χ0) is 29.4. The number of ether oxygens (including phenoxy) is 3. The third kappa shape index (κ3) is 12.6. The normalized spacial score (nSPS) is 14.1. The number of carbonyl (C=O) groups excluding carboxylic acids is 3. The summed E-state index contributed by atoms with van der Waals surface area (Å²) in [5.74, 6) is -3.45. The summed E-state index contributed by atoms with van der Waals surface area (Å²) in [6, 6.07) is 3.28. The Hall–Kier alpha value is -2.94. The van der Waals surface area contributed by atoms with Crippen molar-refractivity contribution in [1.29, 1.82) is 0 Å². The van der Waals surface area contributed by atoms with E-state index in [1.807, 2.05) is 27.7 Å². The van der Waals surface area contributed by atoms with Gasteiger partial charge in [-0.05, 0) is 42.4 Å². The molecular formula is C30H47NO8. The van der Waals surface area contributed by atoms with Crippen LogP contribution in [0.2, 0.25) is 0 Å². The fourth-order valence-electron chi connectivity index (χ4n) is 4.14. The molecule has 0 aliphatic heterocycles. The Morgan fingerprint density at radius 1 is 0.846 bits per heavy atom. The lowest BCUT2D eigenvalue weighted by atomic mass is 9.82. The van der Waals surface area contributed by atoms with Gasteiger partial charge in [0.1, 0.15) is 6.04 Å². The number of aliphatic carboxylic acids is 1. The lowest BCUT2D eigenvalue weighted by Gasteiger charge is -2.28. The minimum atomic E-state index is -1.32. The Balaban J connectivity index is 3.26. The molecule has 1 aromatic rings. The van der Waals surface area contributed by atoms with Gasteiger partial charge in [-0.3, -0.25) is 19.2 Å². The summed E-state index contributed by atoms with van der Waals surface area (Å²) in [5.41, 5.74) is 6.56. The number of esters is 3.